The maximum absolute atomic E-state index is 10.8. The summed E-state index contributed by atoms with van der Waals surface area (Å²) in [7, 11) is 0. The van der Waals surface area contributed by atoms with Crippen molar-refractivity contribution < 1.29 is 9.90 Å². The van der Waals surface area contributed by atoms with Crippen LogP contribution in [0.2, 0.25) is 0 Å². The van der Waals surface area contributed by atoms with Gasteiger partial charge in [-0.1, -0.05) is 11.6 Å². The summed E-state index contributed by atoms with van der Waals surface area (Å²) in [5, 5.41) is 12.6. The van der Waals surface area contributed by atoms with Crippen LogP contribution in [0.5, 0.6) is 0 Å². The molecule has 0 saturated heterocycles. The minimum atomic E-state index is -0.913. The second-order valence-electron chi connectivity index (χ2n) is 3.95. The average molecular weight is 231 g/mol. The fourth-order valence-electron chi connectivity index (χ4n) is 1.55. The van der Waals surface area contributed by atoms with Crippen molar-refractivity contribution >= 4 is 22.7 Å². The van der Waals surface area contributed by atoms with E-state index in [1.807, 2.05) is 25.1 Å². The lowest BCUT2D eigenvalue weighted by Gasteiger charge is -2.11. The molecule has 0 saturated carbocycles. The van der Waals surface area contributed by atoms with E-state index >= 15 is 0 Å². The smallest absolute Gasteiger partial charge is 0.325 e. The highest BCUT2D eigenvalue weighted by Crippen LogP contribution is 2.20. The highest BCUT2D eigenvalue weighted by atomic mass is 16.4. The molecule has 2 rings (SSSR count). The monoisotopic (exact) mass is 231 g/mol. The molecule has 17 heavy (non-hydrogen) atoms. The third kappa shape index (κ3) is 2.33. The number of carbonyl (C=O) groups is 1. The molecular weight excluding hydrogens is 218 g/mol. The lowest BCUT2D eigenvalue weighted by molar-refractivity contribution is -0.137. The molecule has 0 amide bonds. The van der Waals surface area contributed by atoms with E-state index in [1.54, 1.807) is 6.92 Å². The predicted molar refractivity (Wildman–Crippen MR) is 65.0 cm³/mol. The molecule has 0 fully saturated rings. The minimum Gasteiger partial charge on any atom is -0.480 e. The van der Waals surface area contributed by atoms with Crippen molar-refractivity contribution in [2.75, 3.05) is 5.32 Å². The van der Waals surface area contributed by atoms with Crippen LogP contribution in [0.15, 0.2) is 24.5 Å². The zero-order valence-corrected chi connectivity index (χ0v) is 9.64. The van der Waals surface area contributed by atoms with Crippen molar-refractivity contribution in [3.8, 4) is 0 Å². The third-order valence-corrected chi connectivity index (χ3v) is 2.51. The normalized spacial score (nSPS) is 12.4. The molecule has 5 nitrogen and oxygen atoms in total. The third-order valence-electron chi connectivity index (χ3n) is 2.51. The van der Waals surface area contributed by atoms with Crippen molar-refractivity contribution in [2.24, 2.45) is 0 Å². The Morgan fingerprint density at radius 2 is 2.18 bits per heavy atom. The SMILES string of the molecule is Cc1ccc2ncnc(N[C@@H](C)C(=O)O)c2c1. The lowest BCUT2D eigenvalue weighted by Crippen LogP contribution is -2.26. The number of aryl methyl sites for hydroxylation is 1. The van der Waals surface area contributed by atoms with Gasteiger partial charge in [0.1, 0.15) is 18.2 Å². The molecule has 2 N–H and O–H groups in total. The molecule has 0 aliphatic heterocycles. The van der Waals surface area contributed by atoms with Gasteiger partial charge in [0.25, 0.3) is 0 Å². The molecule has 0 bridgehead atoms. The number of aliphatic carboxylic acids is 1. The van der Waals surface area contributed by atoms with E-state index < -0.39 is 12.0 Å². The molecule has 0 aliphatic carbocycles. The topological polar surface area (TPSA) is 75.1 Å². The molecule has 0 aliphatic rings. The Labute approximate surface area is 98.5 Å². The summed E-state index contributed by atoms with van der Waals surface area (Å²) in [6.45, 7) is 3.54. The maximum Gasteiger partial charge on any atom is 0.325 e. The number of nitrogens with zero attached hydrogens (tertiary/aromatic N) is 2. The summed E-state index contributed by atoms with van der Waals surface area (Å²) in [4.78, 5) is 19.0. The fraction of sp³-hybridized carbons (Fsp3) is 0.250. The van der Waals surface area contributed by atoms with Crippen LogP contribution >= 0.6 is 0 Å². The maximum atomic E-state index is 10.8. The zero-order chi connectivity index (χ0) is 12.4. The molecule has 0 spiro atoms. The number of nitrogens with one attached hydrogen (secondary N) is 1. The van der Waals surface area contributed by atoms with E-state index in [0.717, 1.165) is 16.5 Å². The standard InChI is InChI=1S/C12H13N3O2/c1-7-3-4-10-9(5-7)11(14-6-13-10)15-8(2)12(16)17/h3-6,8H,1-2H3,(H,16,17)(H,13,14,15)/t8-/m0/s1. The van der Waals surface area contributed by atoms with Crippen LogP contribution in [0.1, 0.15) is 12.5 Å². The summed E-state index contributed by atoms with van der Waals surface area (Å²) in [5.41, 5.74) is 1.88. The van der Waals surface area contributed by atoms with Crippen molar-refractivity contribution in [3.05, 3.63) is 30.1 Å². The van der Waals surface area contributed by atoms with Crippen LogP contribution in [-0.2, 0) is 4.79 Å². The molecule has 88 valence electrons. The first-order chi connectivity index (χ1) is 8.08. The summed E-state index contributed by atoms with van der Waals surface area (Å²) in [6.07, 6.45) is 1.43. The summed E-state index contributed by atoms with van der Waals surface area (Å²) in [5.74, 6) is -0.363. The van der Waals surface area contributed by atoms with Crippen LogP contribution in [-0.4, -0.2) is 27.1 Å². The number of benzene rings is 1. The van der Waals surface area contributed by atoms with Gasteiger partial charge in [-0.3, -0.25) is 4.79 Å². The Morgan fingerprint density at radius 3 is 2.88 bits per heavy atom. The van der Waals surface area contributed by atoms with Crippen molar-refractivity contribution in [3.63, 3.8) is 0 Å². The minimum absolute atomic E-state index is 0.550. The summed E-state index contributed by atoms with van der Waals surface area (Å²) in [6, 6.07) is 5.10. The number of fused-ring (bicyclic) bond motifs is 1. The van der Waals surface area contributed by atoms with Crippen molar-refractivity contribution in [1.29, 1.82) is 0 Å². The molecule has 5 heteroatoms. The Morgan fingerprint density at radius 1 is 1.41 bits per heavy atom. The van der Waals surface area contributed by atoms with Gasteiger partial charge in [-0.15, -0.1) is 0 Å². The molecule has 0 unspecified atom stereocenters. The second-order valence-corrected chi connectivity index (χ2v) is 3.95. The van der Waals surface area contributed by atoms with Crippen LogP contribution < -0.4 is 5.32 Å². The predicted octanol–water partition coefficient (Wildman–Crippen LogP) is 1.82. The largest absolute Gasteiger partial charge is 0.480 e. The Balaban J connectivity index is 2.46. The van der Waals surface area contributed by atoms with E-state index in [2.05, 4.69) is 15.3 Å². The van der Waals surface area contributed by atoms with Gasteiger partial charge in [-0.2, -0.15) is 0 Å². The summed E-state index contributed by atoms with van der Waals surface area (Å²) >= 11 is 0. The van der Waals surface area contributed by atoms with Gasteiger partial charge in [0.05, 0.1) is 5.52 Å². The molecule has 2 aromatic rings. The zero-order valence-electron chi connectivity index (χ0n) is 9.64. The highest BCUT2D eigenvalue weighted by Gasteiger charge is 2.12. The van der Waals surface area contributed by atoms with Crippen LogP contribution in [0.25, 0.3) is 10.9 Å². The number of hydrogen-bond acceptors (Lipinski definition) is 4. The molecule has 1 aromatic carbocycles. The summed E-state index contributed by atoms with van der Waals surface area (Å²) < 4.78 is 0. The number of hydrogen-bond donors (Lipinski definition) is 2. The first kappa shape index (κ1) is 11.3. The van der Waals surface area contributed by atoms with Gasteiger partial charge < -0.3 is 10.4 Å². The number of carboxylic acid groups (broad SMARTS) is 1. The van der Waals surface area contributed by atoms with Gasteiger partial charge in [-0.05, 0) is 26.0 Å². The van der Waals surface area contributed by atoms with E-state index in [-0.39, 0.29) is 0 Å². The molecule has 1 atom stereocenters. The van der Waals surface area contributed by atoms with Gasteiger partial charge in [-0.25, -0.2) is 9.97 Å². The molecule has 0 radical (unpaired) electrons. The van der Waals surface area contributed by atoms with Crippen LogP contribution in [0.3, 0.4) is 0 Å². The van der Waals surface area contributed by atoms with Gasteiger partial charge >= 0.3 is 5.97 Å². The molecule has 1 heterocycles. The van der Waals surface area contributed by atoms with Crippen LogP contribution in [0, 0.1) is 6.92 Å². The Kier molecular flexibility index (Phi) is 2.91. The first-order valence-corrected chi connectivity index (χ1v) is 5.28. The van der Waals surface area contributed by atoms with Gasteiger partial charge in [0.2, 0.25) is 0 Å². The average Bonchev–Trinajstić information content (AvgIpc) is 2.29. The Hall–Kier alpha value is -2.17. The Bertz CT molecular complexity index is 569. The van der Waals surface area contributed by atoms with Gasteiger partial charge in [0.15, 0.2) is 0 Å². The number of aromatic nitrogens is 2. The molecular formula is C12H13N3O2. The van der Waals surface area contributed by atoms with E-state index in [4.69, 9.17) is 5.11 Å². The second kappa shape index (κ2) is 4.37. The van der Waals surface area contributed by atoms with Crippen molar-refractivity contribution in [1.82, 2.24) is 9.97 Å². The van der Waals surface area contributed by atoms with Gasteiger partial charge in [0, 0.05) is 5.39 Å². The first-order valence-electron chi connectivity index (χ1n) is 5.28. The quantitative estimate of drug-likeness (QED) is 0.842. The highest BCUT2D eigenvalue weighted by molar-refractivity contribution is 5.91. The van der Waals surface area contributed by atoms with E-state index in [9.17, 15) is 4.79 Å². The van der Waals surface area contributed by atoms with Crippen LogP contribution in [0.4, 0.5) is 5.82 Å². The lowest BCUT2D eigenvalue weighted by atomic mass is 10.1. The van der Waals surface area contributed by atoms with Crippen molar-refractivity contribution in [2.45, 2.75) is 19.9 Å². The van der Waals surface area contributed by atoms with E-state index in [1.165, 1.54) is 6.33 Å². The fourth-order valence-corrected chi connectivity index (χ4v) is 1.55. The number of rotatable bonds is 3. The number of carboxylic acids is 1. The molecule has 1 aromatic heterocycles. The van der Waals surface area contributed by atoms with E-state index in [0.29, 0.717) is 5.82 Å². The number of anilines is 1.